The van der Waals surface area contributed by atoms with Gasteiger partial charge in [-0.2, -0.15) is 13.5 Å². The molecule has 0 spiro atoms. The van der Waals surface area contributed by atoms with Gasteiger partial charge < -0.3 is 4.74 Å². The van der Waals surface area contributed by atoms with Crippen molar-refractivity contribution in [3.8, 4) is 5.75 Å². The first kappa shape index (κ1) is 24.9. The maximum atomic E-state index is 13.4. The molecule has 35 heavy (non-hydrogen) atoms. The number of allylic oxidation sites excluding steroid dienone is 1. The SMILES string of the molecule is COOCC1=C(C)N=C2S/C(=N\Nc3ccc(OC)cc3S(=O)(=O)O)C(=O)N2C1c1ccccc1. The predicted molar refractivity (Wildman–Crippen MR) is 131 cm³/mol. The summed E-state index contributed by atoms with van der Waals surface area (Å²) in [6, 6.07) is 12.9. The number of anilines is 1. The van der Waals surface area contributed by atoms with Gasteiger partial charge in [0.25, 0.3) is 16.0 Å². The van der Waals surface area contributed by atoms with Gasteiger partial charge in [-0.05, 0) is 36.4 Å². The largest absolute Gasteiger partial charge is 0.497 e. The Morgan fingerprint density at radius 2 is 1.94 bits per heavy atom. The standard InChI is InChI=1S/C22H22N4O7S2/c1-13-16(12-33-32-3)19(14-7-5-4-6-8-14)26-21(27)20(34-22(26)23-13)25-24-17-10-9-15(31-2)11-18(17)35(28,29)30/h4-11,19,24H,12H2,1-3H3,(H,28,29,30)/b25-20-. The fraction of sp³-hybridized carbons (Fsp3) is 0.227. The highest BCUT2D eigenvalue weighted by atomic mass is 32.2. The van der Waals surface area contributed by atoms with Crippen molar-refractivity contribution in [3.05, 3.63) is 65.4 Å². The summed E-state index contributed by atoms with van der Waals surface area (Å²) < 4.78 is 38.3. The molecule has 1 saturated heterocycles. The van der Waals surface area contributed by atoms with Crippen molar-refractivity contribution >= 4 is 43.7 Å². The van der Waals surface area contributed by atoms with E-state index in [4.69, 9.17) is 14.5 Å². The van der Waals surface area contributed by atoms with E-state index in [9.17, 15) is 17.8 Å². The van der Waals surface area contributed by atoms with Crippen LogP contribution < -0.4 is 10.2 Å². The lowest BCUT2D eigenvalue weighted by Gasteiger charge is -2.33. The van der Waals surface area contributed by atoms with Crippen molar-refractivity contribution in [1.82, 2.24) is 4.90 Å². The number of amidine groups is 1. The summed E-state index contributed by atoms with van der Waals surface area (Å²) in [4.78, 5) is 29.0. The second-order valence-corrected chi connectivity index (χ2v) is 9.74. The number of fused-ring (bicyclic) bond motifs is 1. The molecule has 2 aromatic carbocycles. The molecule has 1 unspecified atom stereocenters. The Kier molecular flexibility index (Phi) is 7.23. The van der Waals surface area contributed by atoms with Crippen LogP contribution in [0, 0.1) is 0 Å². The minimum absolute atomic E-state index is 0.0240. The Labute approximate surface area is 206 Å². The predicted octanol–water partition coefficient (Wildman–Crippen LogP) is 3.21. The van der Waals surface area contributed by atoms with Crippen molar-refractivity contribution in [2.75, 3.05) is 26.3 Å². The van der Waals surface area contributed by atoms with Crippen molar-refractivity contribution in [2.24, 2.45) is 10.1 Å². The number of nitrogens with zero attached hydrogens (tertiary/aromatic N) is 3. The zero-order valence-corrected chi connectivity index (χ0v) is 20.6. The molecule has 184 valence electrons. The number of hydrogen-bond donors (Lipinski definition) is 2. The quantitative estimate of drug-likeness (QED) is 0.306. The van der Waals surface area contributed by atoms with Gasteiger partial charge in [-0.3, -0.25) is 19.7 Å². The highest BCUT2D eigenvalue weighted by Gasteiger charge is 2.44. The fourth-order valence-corrected chi connectivity index (χ4v) is 5.23. The van der Waals surface area contributed by atoms with Crippen LogP contribution in [-0.4, -0.2) is 54.8 Å². The Bertz CT molecular complexity index is 1340. The molecule has 2 aliphatic heterocycles. The van der Waals surface area contributed by atoms with E-state index >= 15 is 0 Å². The molecule has 2 aliphatic rings. The van der Waals surface area contributed by atoms with Crippen LogP contribution in [0.4, 0.5) is 5.69 Å². The molecule has 0 bridgehead atoms. The van der Waals surface area contributed by atoms with E-state index in [1.807, 2.05) is 37.3 Å². The molecule has 4 rings (SSSR count). The first-order chi connectivity index (χ1) is 16.7. The van der Waals surface area contributed by atoms with Crippen molar-refractivity contribution in [1.29, 1.82) is 0 Å². The molecule has 0 radical (unpaired) electrons. The van der Waals surface area contributed by atoms with Crippen LogP contribution >= 0.6 is 11.8 Å². The maximum absolute atomic E-state index is 13.4. The van der Waals surface area contributed by atoms with Crippen LogP contribution in [0.5, 0.6) is 5.75 Å². The number of carbonyl (C=O) groups is 1. The van der Waals surface area contributed by atoms with E-state index in [1.165, 1.54) is 31.3 Å². The number of carbonyl (C=O) groups excluding carboxylic acids is 1. The minimum Gasteiger partial charge on any atom is -0.497 e. The highest BCUT2D eigenvalue weighted by molar-refractivity contribution is 8.29. The van der Waals surface area contributed by atoms with Gasteiger partial charge in [0, 0.05) is 17.3 Å². The van der Waals surface area contributed by atoms with Gasteiger partial charge in [0.05, 0.1) is 25.9 Å². The summed E-state index contributed by atoms with van der Waals surface area (Å²) in [5.41, 5.74) is 4.83. The summed E-state index contributed by atoms with van der Waals surface area (Å²) in [6.45, 7) is 1.92. The van der Waals surface area contributed by atoms with Gasteiger partial charge in [-0.1, -0.05) is 30.3 Å². The average molecular weight is 519 g/mol. The van der Waals surface area contributed by atoms with E-state index in [1.54, 1.807) is 0 Å². The third-order valence-corrected chi connectivity index (χ3v) is 7.13. The normalized spacial score (nSPS) is 19.1. The molecule has 1 fully saturated rings. The van der Waals surface area contributed by atoms with Crippen LogP contribution in [0.2, 0.25) is 0 Å². The average Bonchev–Trinajstić information content (AvgIpc) is 3.15. The molecule has 11 nitrogen and oxygen atoms in total. The Hall–Kier alpha value is -3.23. The first-order valence-corrected chi connectivity index (χ1v) is 12.5. The molecular weight excluding hydrogens is 496 g/mol. The molecule has 0 aliphatic carbocycles. The summed E-state index contributed by atoms with van der Waals surface area (Å²) >= 11 is 1.04. The number of rotatable bonds is 8. The van der Waals surface area contributed by atoms with Gasteiger partial charge in [0.15, 0.2) is 10.2 Å². The summed E-state index contributed by atoms with van der Waals surface area (Å²) in [5.74, 6) is -0.203. The second-order valence-electron chi connectivity index (χ2n) is 7.39. The van der Waals surface area contributed by atoms with E-state index in [0.717, 1.165) is 29.0 Å². The molecular formula is C22H22N4O7S2. The second kappa shape index (κ2) is 10.2. The number of benzene rings is 2. The van der Waals surface area contributed by atoms with Crippen molar-refractivity contribution < 1.29 is 32.3 Å². The lowest BCUT2D eigenvalue weighted by Crippen LogP contribution is -2.39. The number of ether oxygens (including phenoxy) is 1. The highest BCUT2D eigenvalue weighted by Crippen LogP contribution is 2.41. The number of amides is 1. The topological polar surface area (TPSA) is 139 Å². The zero-order valence-electron chi connectivity index (χ0n) is 19.0. The lowest BCUT2D eigenvalue weighted by molar-refractivity contribution is -0.266. The number of nitrogens with one attached hydrogen (secondary N) is 1. The smallest absolute Gasteiger partial charge is 0.296 e. The third-order valence-electron chi connectivity index (χ3n) is 5.30. The summed E-state index contributed by atoms with van der Waals surface area (Å²) in [6.07, 6.45) is 0. The number of aliphatic imine (C=N–C) groups is 1. The molecule has 1 atom stereocenters. The maximum Gasteiger partial charge on any atom is 0.296 e. The monoisotopic (exact) mass is 518 g/mol. The lowest BCUT2D eigenvalue weighted by atomic mass is 9.95. The molecule has 13 heteroatoms. The first-order valence-electron chi connectivity index (χ1n) is 10.2. The van der Waals surface area contributed by atoms with E-state index in [0.29, 0.717) is 10.9 Å². The molecule has 2 aromatic rings. The zero-order chi connectivity index (χ0) is 25.2. The number of hydrogen-bond acceptors (Lipinski definition) is 10. The van der Waals surface area contributed by atoms with Gasteiger partial charge in [-0.25, -0.2) is 14.8 Å². The number of thioether (sulfide) groups is 1. The fourth-order valence-electron chi connectivity index (χ4n) is 3.65. The minimum atomic E-state index is -4.58. The Balaban J connectivity index is 1.69. The third kappa shape index (κ3) is 5.09. The van der Waals surface area contributed by atoms with Gasteiger partial charge in [0.1, 0.15) is 17.3 Å². The van der Waals surface area contributed by atoms with Gasteiger partial charge >= 0.3 is 0 Å². The van der Waals surface area contributed by atoms with E-state index in [-0.39, 0.29) is 23.1 Å². The number of methoxy groups -OCH3 is 1. The van der Waals surface area contributed by atoms with Gasteiger partial charge in [-0.15, -0.1) is 0 Å². The molecule has 2 heterocycles. The van der Waals surface area contributed by atoms with E-state index < -0.39 is 27.0 Å². The number of hydrazone groups is 1. The van der Waals surface area contributed by atoms with Crippen molar-refractivity contribution in [2.45, 2.75) is 17.9 Å². The summed E-state index contributed by atoms with van der Waals surface area (Å²) in [5, 5.41) is 4.60. The Morgan fingerprint density at radius 1 is 1.20 bits per heavy atom. The molecule has 2 N–H and O–H groups in total. The molecule has 0 saturated carbocycles. The summed E-state index contributed by atoms with van der Waals surface area (Å²) in [7, 11) is -1.82. The van der Waals surface area contributed by atoms with Crippen LogP contribution in [0.3, 0.4) is 0 Å². The van der Waals surface area contributed by atoms with Crippen molar-refractivity contribution in [3.63, 3.8) is 0 Å². The Morgan fingerprint density at radius 3 is 2.60 bits per heavy atom. The molecule has 0 aromatic heterocycles. The van der Waals surface area contributed by atoms with Gasteiger partial charge in [0.2, 0.25) is 0 Å². The van der Waals surface area contributed by atoms with Crippen LogP contribution in [0.1, 0.15) is 18.5 Å². The van der Waals surface area contributed by atoms with Crippen LogP contribution in [-0.2, 0) is 24.7 Å². The van der Waals surface area contributed by atoms with Crippen LogP contribution in [0.25, 0.3) is 0 Å². The molecule has 1 amide bonds. The van der Waals surface area contributed by atoms with E-state index in [2.05, 4.69) is 15.5 Å². The van der Waals surface area contributed by atoms with Crippen LogP contribution in [0.15, 0.2) is 74.8 Å².